The van der Waals surface area contributed by atoms with E-state index in [4.69, 9.17) is 20.5 Å². The van der Waals surface area contributed by atoms with Gasteiger partial charge >= 0.3 is 0 Å². The van der Waals surface area contributed by atoms with Crippen molar-refractivity contribution < 1.29 is 9.47 Å². The lowest BCUT2D eigenvalue weighted by Gasteiger charge is -2.14. The first-order valence-electron chi connectivity index (χ1n) is 5.10. The summed E-state index contributed by atoms with van der Waals surface area (Å²) in [7, 11) is 3.23. The van der Waals surface area contributed by atoms with Crippen molar-refractivity contribution in [2.24, 2.45) is 5.73 Å². The van der Waals surface area contributed by atoms with Crippen LogP contribution in [0.3, 0.4) is 0 Å². The van der Waals surface area contributed by atoms with Crippen molar-refractivity contribution in [1.29, 1.82) is 5.26 Å². The van der Waals surface area contributed by atoms with Crippen LogP contribution in [-0.4, -0.2) is 26.5 Å². The smallest absolute Gasteiger partial charge is 0.132 e. The minimum absolute atomic E-state index is 0.449. The predicted molar refractivity (Wildman–Crippen MR) is 68.6 cm³/mol. The summed E-state index contributed by atoms with van der Waals surface area (Å²) < 4.78 is 10.6. The van der Waals surface area contributed by atoms with Crippen LogP contribution < -0.4 is 15.2 Å². The summed E-state index contributed by atoms with van der Waals surface area (Å²) in [5.74, 6) is 1.51. The van der Waals surface area contributed by atoms with Gasteiger partial charge < -0.3 is 15.2 Å². The maximum absolute atomic E-state index is 8.74. The summed E-state index contributed by atoms with van der Waals surface area (Å²) in [4.78, 5) is 0.999. The van der Waals surface area contributed by atoms with Gasteiger partial charge in [0.2, 0.25) is 0 Å². The Balaban J connectivity index is 3.15. The summed E-state index contributed by atoms with van der Waals surface area (Å²) in [6.07, 6.45) is 2.42. The van der Waals surface area contributed by atoms with E-state index in [1.807, 2.05) is 24.5 Å². The average molecular weight is 252 g/mol. The van der Waals surface area contributed by atoms with Gasteiger partial charge in [-0.2, -0.15) is 5.26 Å². The van der Waals surface area contributed by atoms with Crippen LogP contribution in [0.25, 0.3) is 0 Å². The van der Waals surface area contributed by atoms with E-state index in [0.717, 1.165) is 22.0 Å². The minimum atomic E-state index is -0.534. The lowest BCUT2D eigenvalue weighted by atomic mass is 10.1. The minimum Gasteiger partial charge on any atom is -0.496 e. The van der Waals surface area contributed by atoms with Crippen LogP contribution in [0.5, 0.6) is 11.5 Å². The number of thioether (sulfide) groups is 1. The molecule has 1 atom stereocenters. The molecule has 0 aliphatic carbocycles. The molecule has 0 aliphatic rings. The lowest BCUT2D eigenvalue weighted by Crippen LogP contribution is -2.20. The molecule has 0 amide bonds. The molecule has 5 heteroatoms. The van der Waals surface area contributed by atoms with Gasteiger partial charge in [0.1, 0.15) is 11.5 Å². The second-order valence-electron chi connectivity index (χ2n) is 3.46. The molecule has 1 unspecified atom stereocenters. The van der Waals surface area contributed by atoms with Gasteiger partial charge in [0.15, 0.2) is 0 Å². The predicted octanol–water partition coefficient (Wildman–Crippen LogP) is 1.82. The number of nitrogens with zero attached hydrogens (tertiary/aromatic N) is 1. The summed E-state index contributed by atoms with van der Waals surface area (Å²) in [5.41, 5.74) is 6.51. The third-order valence-corrected chi connectivity index (χ3v) is 3.15. The number of hydrogen-bond donors (Lipinski definition) is 1. The number of rotatable bonds is 5. The highest BCUT2D eigenvalue weighted by Crippen LogP contribution is 2.34. The van der Waals surface area contributed by atoms with E-state index in [1.165, 1.54) is 0 Å². The van der Waals surface area contributed by atoms with Crippen molar-refractivity contribution in [2.45, 2.75) is 17.4 Å². The van der Waals surface area contributed by atoms with Gasteiger partial charge in [-0.05, 0) is 18.4 Å². The van der Waals surface area contributed by atoms with E-state index in [0.29, 0.717) is 6.42 Å². The van der Waals surface area contributed by atoms with Gasteiger partial charge in [-0.3, -0.25) is 0 Å². The van der Waals surface area contributed by atoms with Crippen molar-refractivity contribution in [1.82, 2.24) is 0 Å². The van der Waals surface area contributed by atoms with E-state index < -0.39 is 6.04 Å². The van der Waals surface area contributed by atoms with Crippen LogP contribution in [0.1, 0.15) is 5.56 Å². The Hall–Kier alpha value is -1.38. The van der Waals surface area contributed by atoms with Crippen LogP contribution in [-0.2, 0) is 6.42 Å². The molecule has 2 N–H and O–H groups in total. The molecule has 0 radical (unpaired) electrons. The molecule has 0 spiro atoms. The number of benzene rings is 1. The molecule has 17 heavy (non-hydrogen) atoms. The van der Waals surface area contributed by atoms with Gasteiger partial charge in [-0.15, -0.1) is 11.8 Å². The van der Waals surface area contributed by atoms with Gasteiger partial charge in [0.05, 0.1) is 31.2 Å². The maximum Gasteiger partial charge on any atom is 0.132 e. The zero-order valence-corrected chi connectivity index (χ0v) is 11.0. The lowest BCUT2D eigenvalue weighted by molar-refractivity contribution is 0.390. The first-order valence-corrected chi connectivity index (χ1v) is 6.32. The Bertz CT molecular complexity index is 429. The van der Waals surface area contributed by atoms with E-state index in [9.17, 15) is 0 Å². The van der Waals surface area contributed by atoms with E-state index in [1.54, 1.807) is 26.0 Å². The molecule has 0 aliphatic heterocycles. The molecule has 0 heterocycles. The zero-order chi connectivity index (χ0) is 12.8. The van der Waals surface area contributed by atoms with Crippen LogP contribution in [0, 0.1) is 11.3 Å². The van der Waals surface area contributed by atoms with Crippen LogP contribution in [0.4, 0.5) is 0 Å². The van der Waals surface area contributed by atoms with Crippen molar-refractivity contribution in [3.8, 4) is 17.6 Å². The SMILES string of the molecule is COc1cc(SC)c(OC)cc1CC(N)C#N. The van der Waals surface area contributed by atoms with Crippen LogP contribution in [0.2, 0.25) is 0 Å². The van der Waals surface area contributed by atoms with Crippen LogP contribution >= 0.6 is 11.8 Å². The Morgan fingerprint density at radius 1 is 1.35 bits per heavy atom. The number of nitrogens with two attached hydrogens (primary N) is 1. The average Bonchev–Trinajstić information content (AvgIpc) is 2.37. The number of ether oxygens (including phenoxy) is 2. The summed E-state index contributed by atoms with van der Waals surface area (Å²) in [5, 5.41) is 8.74. The van der Waals surface area contributed by atoms with E-state index in [2.05, 4.69) is 0 Å². The van der Waals surface area contributed by atoms with Crippen molar-refractivity contribution in [3.05, 3.63) is 17.7 Å². The van der Waals surface area contributed by atoms with Crippen molar-refractivity contribution in [3.63, 3.8) is 0 Å². The monoisotopic (exact) mass is 252 g/mol. The quantitative estimate of drug-likeness (QED) is 0.809. The van der Waals surface area contributed by atoms with Gasteiger partial charge in [-0.25, -0.2) is 0 Å². The van der Waals surface area contributed by atoms with E-state index in [-0.39, 0.29) is 0 Å². The third kappa shape index (κ3) is 3.29. The normalized spacial score (nSPS) is 11.7. The van der Waals surface area contributed by atoms with Crippen LogP contribution in [0.15, 0.2) is 17.0 Å². The molecule has 0 aromatic heterocycles. The van der Waals surface area contributed by atoms with Gasteiger partial charge in [0, 0.05) is 12.0 Å². The highest BCUT2D eigenvalue weighted by molar-refractivity contribution is 7.98. The molecule has 92 valence electrons. The molecule has 4 nitrogen and oxygen atoms in total. The van der Waals surface area contributed by atoms with Gasteiger partial charge in [0.25, 0.3) is 0 Å². The first kappa shape index (κ1) is 13.7. The highest BCUT2D eigenvalue weighted by atomic mass is 32.2. The second kappa shape index (κ2) is 6.38. The molecule has 1 aromatic carbocycles. The largest absolute Gasteiger partial charge is 0.496 e. The Labute approximate surface area is 106 Å². The number of hydrogen-bond acceptors (Lipinski definition) is 5. The fourth-order valence-corrected chi connectivity index (χ4v) is 2.10. The first-order chi connectivity index (χ1) is 8.15. The Morgan fingerprint density at radius 2 is 2.00 bits per heavy atom. The molecule has 0 bridgehead atoms. The highest BCUT2D eigenvalue weighted by Gasteiger charge is 2.13. The molecule has 1 aromatic rings. The Morgan fingerprint density at radius 3 is 2.47 bits per heavy atom. The fraction of sp³-hybridized carbons (Fsp3) is 0.417. The fourth-order valence-electron chi connectivity index (χ4n) is 1.53. The summed E-state index contributed by atoms with van der Waals surface area (Å²) in [6, 6.07) is 5.26. The molecule has 0 saturated heterocycles. The van der Waals surface area contributed by atoms with Crippen molar-refractivity contribution >= 4 is 11.8 Å². The summed E-state index contributed by atoms with van der Waals surface area (Å²) in [6.45, 7) is 0. The molecular weight excluding hydrogens is 236 g/mol. The number of methoxy groups -OCH3 is 2. The maximum atomic E-state index is 8.74. The summed E-state index contributed by atoms with van der Waals surface area (Å²) >= 11 is 1.58. The Kier molecular flexibility index (Phi) is 5.13. The molecule has 1 rings (SSSR count). The van der Waals surface area contributed by atoms with E-state index >= 15 is 0 Å². The molecular formula is C12H16N2O2S. The zero-order valence-electron chi connectivity index (χ0n) is 10.2. The molecule has 0 saturated carbocycles. The topological polar surface area (TPSA) is 68.3 Å². The number of nitriles is 1. The van der Waals surface area contributed by atoms with Gasteiger partial charge in [-0.1, -0.05) is 0 Å². The standard InChI is InChI=1S/C12H16N2O2S/c1-15-10-6-12(17-3)11(16-2)5-8(10)4-9(14)7-13/h5-6,9H,4,14H2,1-3H3. The van der Waals surface area contributed by atoms with Crippen molar-refractivity contribution in [2.75, 3.05) is 20.5 Å². The third-order valence-electron chi connectivity index (χ3n) is 2.39. The second-order valence-corrected chi connectivity index (χ2v) is 4.31. The molecule has 0 fully saturated rings.